The molecule has 0 bridgehead atoms. The zero-order chi connectivity index (χ0) is 21.3. The van der Waals surface area contributed by atoms with Crippen LogP contribution < -0.4 is 5.32 Å². The molecule has 10 nitrogen and oxygen atoms in total. The number of carbonyl (C=O) groups is 2. The minimum absolute atomic E-state index is 0.128. The molecule has 1 saturated heterocycles. The smallest absolute Gasteiger partial charge is 0.287 e. The van der Waals surface area contributed by atoms with Crippen LogP contribution in [0.15, 0.2) is 27.7 Å². The van der Waals surface area contributed by atoms with E-state index in [9.17, 15) is 18.0 Å². The van der Waals surface area contributed by atoms with Crippen molar-refractivity contribution in [3.8, 4) is 0 Å². The number of sulfonamides is 1. The number of nitrogens with one attached hydrogen (secondary N) is 1. The minimum atomic E-state index is -3.69. The van der Waals surface area contributed by atoms with Crippen molar-refractivity contribution in [1.82, 2.24) is 24.3 Å². The highest BCUT2D eigenvalue weighted by Crippen LogP contribution is 2.24. The van der Waals surface area contributed by atoms with E-state index < -0.39 is 22.0 Å². The molecule has 29 heavy (non-hydrogen) atoms. The SMILES string of the molecule is Cc1nn(C)c(C)c1S(=O)(=O)N1CCN(C(=O)C(C)NC(=O)c2ccco2)CC1. The summed E-state index contributed by atoms with van der Waals surface area (Å²) in [5.74, 6) is -0.613. The summed E-state index contributed by atoms with van der Waals surface area (Å²) in [4.78, 5) is 26.5. The van der Waals surface area contributed by atoms with E-state index in [2.05, 4.69) is 10.4 Å². The van der Waals surface area contributed by atoms with Gasteiger partial charge >= 0.3 is 0 Å². The fraction of sp³-hybridized carbons (Fsp3) is 0.500. The molecule has 1 N–H and O–H groups in total. The Hall–Kier alpha value is -2.66. The van der Waals surface area contributed by atoms with Gasteiger partial charge in [0.15, 0.2) is 5.76 Å². The van der Waals surface area contributed by atoms with E-state index in [0.717, 1.165) is 0 Å². The maximum atomic E-state index is 13.0. The normalized spacial score (nSPS) is 16.6. The first-order valence-corrected chi connectivity index (χ1v) is 10.7. The summed E-state index contributed by atoms with van der Waals surface area (Å²) in [6.45, 7) is 5.84. The molecule has 0 aliphatic carbocycles. The summed E-state index contributed by atoms with van der Waals surface area (Å²) in [5, 5.41) is 6.78. The lowest BCUT2D eigenvalue weighted by molar-refractivity contribution is -0.134. The lowest BCUT2D eigenvalue weighted by Crippen LogP contribution is -2.55. The molecule has 1 aliphatic rings. The van der Waals surface area contributed by atoms with Crippen LogP contribution in [-0.4, -0.2) is 71.4 Å². The van der Waals surface area contributed by atoms with Crippen LogP contribution in [0.4, 0.5) is 0 Å². The monoisotopic (exact) mass is 423 g/mol. The van der Waals surface area contributed by atoms with Gasteiger partial charge in [0.1, 0.15) is 10.9 Å². The standard InChI is InChI=1S/C18H25N5O5S/c1-12-16(14(3)21(4)20-12)29(26,27)23-9-7-22(8-10-23)18(25)13(2)19-17(24)15-6-5-11-28-15/h5-6,11,13H,7-10H2,1-4H3,(H,19,24). The molecule has 0 saturated carbocycles. The maximum absolute atomic E-state index is 13.0. The molecule has 1 atom stereocenters. The zero-order valence-electron chi connectivity index (χ0n) is 16.9. The summed E-state index contributed by atoms with van der Waals surface area (Å²) < 4.78 is 34.0. The van der Waals surface area contributed by atoms with Gasteiger partial charge in [-0.1, -0.05) is 0 Å². The van der Waals surface area contributed by atoms with Crippen molar-refractivity contribution in [2.45, 2.75) is 31.7 Å². The van der Waals surface area contributed by atoms with E-state index in [1.54, 1.807) is 43.5 Å². The molecular weight excluding hydrogens is 398 g/mol. The van der Waals surface area contributed by atoms with Crippen molar-refractivity contribution in [3.63, 3.8) is 0 Å². The number of furan rings is 1. The van der Waals surface area contributed by atoms with Crippen LogP contribution in [0, 0.1) is 13.8 Å². The van der Waals surface area contributed by atoms with Gasteiger partial charge in [0.2, 0.25) is 15.9 Å². The lowest BCUT2D eigenvalue weighted by atomic mass is 10.2. The van der Waals surface area contributed by atoms with Gasteiger partial charge < -0.3 is 14.6 Å². The summed E-state index contributed by atoms with van der Waals surface area (Å²) in [7, 11) is -1.99. The third-order valence-corrected chi connectivity index (χ3v) is 7.21. The summed E-state index contributed by atoms with van der Waals surface area (Å²) in [6, 6.07) is 2.35. The summed E-state index contributed by atoms with van der Waals surface area (Å²) in [6.07, 6.45) is 1.38. The number of aromatic nitrogens is 2. The van der Waals surface area contributed by atoms with Gasteiger partial charge in [-0.05, 0) is 32.9 Å². The number of rotatable bonds is 5. The number of nitrogens with zero attached hydrogens (tertiary/aromatic N) is 4. The Labute approximate surface area is 169 Å². The highest BCUT2D eigenvalue weighted by atomic mass is 32.2. The van der Waals surface area contributed by atoms with Gasteiger partial charge in [0, 0.05) is 33.2 Å². The second-order valence-electron chi connectivity index (χ2n) is 7.03. The van der Waals surface area contributed by atoms with Crippen LogP contribution in [0.3, 0.4) is 0 Å². The fourth-order valence-electron chi connectivity index (χ4n) is 3.42. The van der Waals surface area contributed by atoms with Crippen LogP contribution in [0.25, 0.3) is 0 Å². The molecule has 2 aromatic heterocycles. The molecule has 3 rings (SSSR count). The first kappa shape index (κ1) is 21.1. The van der Waals surface area contributed by atoms with Crippen molar-refractivity contribution in [3.05, 3.63) is 35.5 Å². The third-order valence-electron chi connectivity index (χ3n) is 5.05. The molecule has 0 aromatic carbocycles. The molecule has 0 radical (unpaired) electrons. The van der Waals surface area contributed by atoms with Gasteiger partial charge in [-0.15, -0.1) is 0 Å². The van der Waals surface area contributed by atoms with Crippen LogP contribution in [-0.2, 0) is 21.9 Å². The number of amides is 2. The molecule has 1 aliphatic heterocycles. The van der Waals surface area contributed by atoms with Crippen LogP contribution in [0.2, 0.25) is 0 Å². The van der Waals surface area contributed by atoms with E-state index in [1.807, 2.05) is 0 Å². The topological polar surface area (TPSA) is 118 Å². The van der Waals surface area contributed by atoms with Crippen LogP contribution in [0.5, 0.6) is 0 Å². The van der Waals surface area contributed by atoms with Gasteiger partial charge in [-0.25, -0.2) is 8.42 Å². The molecule has 0 spiro atoms. The van der Waals surface area contributed by atoms with Crippen LogP contribution >= 0.6 is 0 Å². The van der Waals surface area contributed by atoms with Gasteiger partial charge in [0.25, 0.3) is 5.91 Å². The fourth-order valence-corrected chi connectivity index (χ4v) is 5.24. The van der Waals surface area contributed by atoms with E-state index in [0.29, 0.717) is 11.4 Å². The zero-order valence-corrected chi connectivity index (χ0v) is 17.7. The van der Waals surface area contributed by atoms with E-state index >= 15 is 0 Å². The Morgan fingerprint density at radius 3 is 2.38 bits per heavy atom. The minimum Gasteiger partial charge on any atom is -0.459 e. The average molecular weight is 423 g/mol. The second-order valence-corrected chi connectivity index (χ2v) is 8.90. The van der Waals surface area contributed by atoms with Crippen molar-refractivity contribution in [2.75, 3.05) is 26.2 Å². The Balaban J connectivity index is 1.62. The molecule has 1 unspecified atom stereocenters. The van der Waals surface area contributed by atoms with Crippen molar-refractivity contribution < 1.29 is 22.4 Å². The Bertz CT molecular complexity index is 1000. The second kappa shape index (κ2) is 7.99. The predicted octanol–water partition coefficient (Wildman–Crippen LogP) is 0.281. The quantitative estimate of drug-likeness (QED) is 0.738. The number of hydrogen-bond acceptors (Lipinski definition) is 6. The first-order valence-electron chi connectivity index (χ1n) is 9.26. The van der Waals surface area contributed by atoms with E-state index in [4.69, 9.17) is 4.42 Å². The number of piperazine rings is 1. The van der Waals surface area contributed by atoms with Gasteiger partial charge in [-0.3, -0.25) is 14.3 Å². The maximum Gasteiger partial charge on any atom is 0.287 e. The molecule has 158 valence electrons. The van der Waals surface area contributed by atoms with Crippen LogP contribution in [0.1, 0.15) is 28.9 Å². The van der Waals surface area contributed by atoms with Gasteiger partial charge in [-0.2, -0.15) is 9.40 Å². The number of hydrogen-bond donors (Lipinski definition) is 1. The van der Waals surface area contributed by atoms with Gasteiger partial charge in [0.05, 0.1) is 17.7 Å². The van der Waals surface area contributed by atoms with E-state index in [1.165, 1.54) is 16.6 Å². The summed E-state index contributed by atoms with van der Waals surface area (Å²) >= 11 is 0. The number of carbonyl (C=O) groups excluding carboxylic acids is 2. The molecule has 11 heteroatoms. The Kier molecular flexibility index (Phi) is 5.80. The van der Waals surface area contributed by atoms with E-state index in [-0.39, 0.29) is 42.7 Å². The Morgan fingerprint density at radius 1 is 1.21 bits per heavy atom. The Morgan fingerprint density at radius 2 is 1.86 bits per heavy atom. The third kappa shape index (κ3) is 4.06. The summed E-state index contributed by atoms with van der Waals surface area (Å²) in [5.41, 5.74) is 1.04. The molecule has 2 amide bonds. The highest BCUT2D eigenvalue weighted by Gasteiger charge is 2.35. The number of aryl methyl sites for hydroxylation is 2. The molecular formula is C18H25N5O5S. The molecule has 2 aromatic rings. The molecule has 1 fully saturated rings. The molecule has 3 heterocycles. The largest absolute Gasteiger partial charge is 0.459 e. The highest BCUT2D eigenvalue weighted by molar-refractivity contribution is 7.89. The first-order chi connectivity index (χ1) is 13.6. The van der Waals surface area contributed by atoms with Crippen molar-refractivity contribution >= 4 is 21.8 Å². The predicted molar refractivity (Wildman–Crippen MR) is 104 cm³/mol. The average Bonchev–Trinajstić information content (AvgIpc) is 3.30. The lowest BCUT2D eigenvalue weighted by Gasteiger charge is -2.35. The van der Waals surface area contributed by atoms with Crippen molar-refractivity contribution in [1.29, 1.82) is 0 Å². The van der Waals surface area contributed by atoms with Crippen molar-refractivity contribution in [2.24, 2.45) is 7.05 Å².